The monoisotopic (exact) mass is 350 g/mol. The van der Waals surface area contributed by atoms with E-state index in [4.69, 9.17) is 5.11 Å². The van der Waals surface area contributed by atoms with Crippen molar-refractivity contribution in [2.24, 2.45) is 0 Å². The molecule has 0 saturated carbocycles. The van der Waals surface area contributed by atoms with Gasteiger partial charge in [-0.15, -0.1) is 0 Å². The number of aryl methyl sites for hydroxylation is 2. The second-order valence-electron chi connectivity index (χ2n) is 5.62. The molecule has 0 saturated heterocycles. The highest BCUT2D eigenvalue weighted by molar-refractivity contribution is 7.89. The Kier molecular flexibility index (Phi) is 4.63. The summed E-state index contributed by atoms with van der Waals surface area (Å²) in [6.07, 6.45) is 3.87. The van der Waals surface area contributed by atoms with Crippen molar-refractivity contribution in [3.8, 4) is 0 Å². The van der Waals surface area contributed by atoms with Gasteiger partial charge in [0.25, 0.3) is 0 Å². The van der Waals surface area contributed by atoms with E-state index < -0.39 is 16.0 Å². The van der Waals surface area contributed by atoms with Crippen molar-refractivity contribution in [2.75, 3.05) is 6.54 Å². The van der Waals surface area contributed by atoms with Gasteiger partial charge in [0.15, 0.2) is 0 Å². The number of pyridine rings is 1. The molecule has 0 aromatic carbocycles. The summed E-state index contributed by atoms with van der Waals surface area (Å²) in [5.41, 5.74) is 1.45. The molecule has 8 nitrogen and oxygen atoms in total. The van der Waals surface area contributed by atoms with E-state index in [0.29, 0.717) is 31.6 Å². The smallest absolute Gasteiger partial charge is 0.303 e. The van der Waals surface area contributed by atoms with E-state index in [0.717, 1.165) is 5.69 Å². The molecular weight excluding hydrogens is 332 g/mol. The fraction of sp³-hybridized carbons (Fsp3) is 0.400. The third-order valence-corrected chi connectivity index (χ3v) is 5.73. The van der Waals surface area contributed by atoms with Crippen LogP contribution in [0.3, 0.4) is 0 Å². The van der Waals surface area contributed by atoms with Gasteiger partial charge in [-0.1, -0.05) is 0 Å². The van der Waals surface area contributed by atoms with Gasteiger partial charge in [0.1, 0.15) is 4.90 Å². The van der Waals surface area contributed by atoms with Gasteiger partial charge in [-0.3, -0.25) is 14.5 Å². The summed E-state index contributed by atoms with van der Waals surface area (Å²) < 4.78 is 28.7. The van der Waals surface area contributed by atoms with Crippen molar-refractivity contribution in [3.63, 3.8) is 0 Å². The van der Waals surface area contributed by atoms with Crippen molar-refractivity contribution >= 4 is 16.0 Å². The molecule has 9 heteroatoms. The van der Waals surface area contributed by atoms with Crippen molar-refractivity contribution < 1.29 is 18.3 Å². The number of nitrogens with zero attached hydrogens (tertiary/aromatic N) is 4. The molecule has 0 spiro atoms. The number of aromatic nitrogens is 3. The summed E-state index contributed by atoms with van der Waals surface area (Å²) in [6, 6.07) is 4.92. The van der Waals surface area contributed by atoms with Crippen molar-refractivity contribution in [1.82, 2.24) is 19.1 Å². The van der Waals surface area contributed by atoms with E-state index in [9.17, 15) is 13.2 Å². The summed E-state index contributed by atoms with van der Waals surface area (Å²) in [6.45, 7) is 1.24. The van der Waals surface area contributed by atoms with E-state index >= 15 is 0 Å². The largest absolute Gasteiger partial charge is 0.481 e. The standard InChI is InChI=1S/C15H18N4O4S/c20-15(21)5-4-12-9-13-11-18(7-2-8-19(13)17-12)24(22,23)14-3-1-6-16-10-14/h1,3,6,9-10H,2,4-5,7-8,11H2,(H,20,21). The van der Waals surface area contributed by atoms with Crippen LogP contribution in [-0.2, 0) is 34.3 Å². The molecule has 0 radical (unpaired) electrons. The maximum Gasteiger partial charge on any atom is 0.303 e. The van der Waals surface area contributed by atoms with Crippen LogP contribution in [0.1, 0.15) is 24.2 Å². The van der Waals surface area contributed by atoms with Crippen LogP contribution >= 0.6 is 0 Å². The molecule has 0 fully saturated rings. The number of hydrogen-bond donors (Lipinski definition) is 1. The SMILES string of the molecule is O=C(O)CCc1cc2n(n1)CCCN(S(=O)(=O)c1cccnc1)C2. The molecule has 0 amide bonds. The number of aliphatic carboxylic acids is 1. The molecule has 3 rings (SSSR count). The lowest BCUT2D eigenvalue weighted by Gasteiger charge is -2.19. The lowest BCUT2D eigenvalue weighted by atomic mass is 10.2. The molecule has 3 heterocycles. The minimum atomic E-state index is -3.61. The van der Waals surface area contributed by atoms with Crippen molar-refractivity contribution in [1.29, 1.82) is 0 Å². The van der Waals surface area contributed by atoms with E-state index in [-0.39, 0.29) is 17.9 Å². The molecule has 1 aliphatic rings. The normalized spacial score (nSPS) is 15.7. The second-order valence-corrected chi connectivity index (χ2v) is 7.56. The number of carboxylic acids is 1. The van der Waals surface area contributed by atoms with E-state index in [2.05, 4.69) is 10.1 Å². The third-order valence-electron chi connectivity index (χ3n) is 3.90. The minimum Gasteiger partial charge on any atom is -0.481 e. The predicted molar refractivity (Wildman–Crippen MR) is 84.6 cm³/mol. The number of carbonyl (C=O) groups is 1. The first-order chi connectivity index (χ1) is 11.5. The Balaban J connectivity index is 1.83. The maximum absolute atomic E-state index is 12.8. The van der Waals surface area contributed by atoms with E-state index in [1.54, 1.807) is 16.8 Å². The first-order valence-electron chi connectivity index (χ1n) is 7.64. The number of hydrogen-bond acceptors (Lipinski definition) is 5. The lowest BCUT2D eigenvalue weighted by Crippen LogP contribution is -2.30. The van der Waals surface area contributed by atoms with Gasteiger partial charge < -0.3 is 5.11 Å². The Morgan fingerprint density at radius 1 is 1.33 bits per heavy atom. The van der Waals surface area contributed by atoms with Gasteiger partial charge in [-0.25, -0.2) is 8.42 Å². The molecule has 2 aromatic rings. The molecule has 2 aromatic heterocycles. The van der Waals surface area contributed by atoms with Crippen LogP contribution in [-0.4, -0.2) is 45.1 Å². The van der Waals surface area contributed by atoms with E-state index in [1.165, 1.54) is 22.8 Å². The lowest BCUT2D eigenvalue weighted by molar-refractivity contribution is -0.136. The van der Waals surface area contributed by atoms with Crippen molar-refractivity contribution in [2.45, 2.75) is 37.2 Å². The number of sulfonamides is 1. The molecule has 0 bridgehead atoms. The zero-order valence-corrected chi connectivity index (χ0v) is 13.8. The molecular formula is C15H18N4O4S. The van der Waals surface area contributed by atoms with Crippen LogP contribution in [0.2, 0.25) is 0 Å². The fourth-order valence-electron chi connectivity index (χ4n) is 2.70. The zero-order valence-electron chi connectivity index (χ0n) is 13.0. The van der Waals surface area contributed by atoms with Gasteiger partial charge >= 0.3 is 5.97 Å². The van der Waals surface area contributed by atoms with E-state index in [1.807, 2.05) is 0 Å². The Morgan fingerprint density at radius 2 is 2.17 bits per heavy atom. The summed E-state index contributed by atoms with van der Waals surface area (Å²) >= 11 is 0. The van der Waals surface area contributed by atoms with Crippen LogP contribution in [0, 0.1) is 0 Å². The Morgan fingerprint density at radius 3 is 2.88 bits per heavy atom. The molecule has 1 aliphatic heterocycles. The van der Waals surface area contributed by atoms with Crippen LogP contribution in [0.25, 0.3) is 0 Å². The van der Waals surface area contributed by atoms with Gasteiger partial charge in [-0.2, -0.15) is 9.40 Å². The van der Waals surface area contributed by atoms with Crippen molar-refractivity contribution in [3.05, 3.63) is 42.0 Å². The average Bonchev–Trinajstić information content (AvgIpc) is 2.84. The molecule has 0 atom stereocenters. The third kappa shape index (κ3) is 3.46. The second kappa shape index (κ2) is 6.70. The predicted octanol–water partition coefficient (Wildman–Crippen LogP) is 0.890. The number of carboxylic acid groups (broad SMARTS) is 1. The van der Waals surface area contributed by atoms with Gasteiger partial charge in [0.2, 0.25) is 10.0 Å². The number of fused-ring (bicyclic) bond motifs is 1. The zero-order chi connectivity index (χ0) is 17.2. The summed E-state index contributed by atoms with van der Waals surface area (Å²) in [5.74, 6) is -0.876. The van der Waals surface area contributed by atoms with Gasteiger partial charge in [0.05, 0.1) is 24.4 Å². The number of rotatable bonds is 5. The highest BCUT2D eigenvalue weighted by Crippen LogP contribution is 2.21. The van der Waals surface area contributed by atoms with Crippen LogP contribution in [0.15, 0.2) is 35.5 Å². The quantitative estimate of drug-likeness (QED) is 0.858. The average molecular weight is 350 g/mol. The van der Waals surface area contributed by atoms with Crippen LogP contribution in [0.4, 0.5) is 0 Å². The topological polar surface area (TPSA) is 105 Å². The first kappa shape index (κ1) is 16.6. The molecule has 24 heavy (non-hydrogen) atoms. The van der Waals surface area contributed by atoms with Crippen LogP contribution < -0.4 is 0 Å². The molecule has 1 N–H and O–H groups in total. The summed E-state index contributed by atoms with van der Waals surface area (Å²) in [5, 5.41) is 13.2. The summed E-state index contributed by atoms with van der Waals surface area (Å²) in [7, 11) is -3.61. The first-order valence-corrected chi connectivity index (χ1v) is 9.08. The van der Waals surface area contributed by atoms with Gasteiger partial charge in [-0.05, 0) is 24.6 Å². The minimum absolute atomic E-state index is 0.00809. The maximum atomic E-state index is 12.8. The highest BCUT2D eigenvalue weighted by Gasteiger charge is 2.28. The molecule has 128 valence electrons. The Hall–Kier alpha value is -2.26. The Bertz CT molecular complexity index is 832. The summed E-state index contributed by atoms with van der Waals surface area (Å²) in [4.78, 5) is 14.7. The Labute approximate surface area is 139 Å². The molecule has 0 unspecified atom stereocenters. The van der Waals surface area contributed by atoms with Gasteiger partial charge in [0, 0.05) is 31.9 Å². The van der Waals surface area contributed by atoms with Crippen LogP contribution in [0.5, 0.6) is 0 Å². The highest BCUT2D eigenvalue weighted by atomic mass is 32.2. The fourth-order valence-corrected chi connectivity index (χ4v) is 4.12. The molecule has 0 aliphatic carbocycles.